The fourth-order valence-corrected chi connectivity index (χ4v) is 3.01. The van der Waals surface area contributed by atoms with Gasteiger partial charge in [-0.25, -0.2) is 14.9 Å². The highest BCUT2D eigenvalue weighted by molar-refractivity contribution is 7.98. The molecule has 0 unspecified atom stereocenters. The normalized spacial score (nSPS) is 10.8. The summed E-state index contributed by atoms with van der Waals surface area (Å²) < 4.78 is 1.63. The summed E-state index contributed by atoms with van der Waals surface area (Å²) in [7, 11) is 0. The van der Waals surface area contributed by atoms with Gasteiger partial charge in [-0.2, -0.15) is 0 Å². The van der Waals surface area contributed by atoms with Gasteiger partial charge in [0.1, 0.15) is 5.82 Å². The van der Waals surface area contributed by atoms with Gasteiger partial charge >= 0.3 is 5.69 Å². The van der Waals surface area contributed by atoms with Crippen LogP contribution in [0, 0.1) is 0 Å². The van der Waals surface area contributed by atoms with Crippen molar-refractivity contribution in [3.8, 4) is 0 Å². The largest absolute Gasteiger partial charge is 0.370 e. The van der Waals surface area contributed by atoms with Crippen molar-refractivity contribution in [2.45, 2.75) is 37.7 Å². The molecule has 2 aromatic heterocycles. The molecular formula is C13H18ClN5OS. The number of hydrogen-bond donors (Lipinski definition) is 2. The van der Waals surface area contributed by atoms with Gasteiger partial charge in [0, 0.05) is 18.8 Å². The summed E-state index contributed by atoms with van der Waals surface area (Å²) in [6.07, 6.45) is 0.877. The summed E-state index contributed by atoms with van der Waals surface area (Å²) in [5.41, 5.74) is 0.596. The van der Waals surface area contributed by atoms with E-state index in [2.05, 4.69) is 20.5 Å². The monoisotopic (exact) mass is 327 g/mol. The van der Waals surface area contributed by atoms with Crippen molar-refractivity contribution in [3.63, 3.8) is 0 Å². The predicted octanol–water partition coefficient (Wildman–Crippen LogP) is 2.75. The number of aromatic amines is 1. The SMILES string of the molecule is CCCn1c(SCc2nc(NCC)ccc2Cl)n[nH]c1=O. The fraction of sp³-hybridized carbons (Fsp3) is 0.462. The molecule has 0 fully saturated rings. The third-order valence-corrected chi connectivity index (χ3v) is 4.12. The zero-order chi connectivity index (χ0) is 15.2. The van der Waals surface area contributed by atoms with Crippen LogP contribution < -0.4 is 11.0 Å². The van der Waals surface area contributed by atoms with Gasteiger partial charge in [-0.15, -0.1) is 5.10 Å². The molecule has 8 heteroatoms. The topological polar surface area (TPSA) is 75.6 Å². The maximum Gasteiger partial charge on any atom is 0.343 e. The quantitative estimate of drug-likeness (QED) is 0.765. The standard InChI is InChI=1S/C13H18ClN5OS/c1-3-7-19-12(20)17-18-13(19)21-8-10-9(14)5-6-11(16-10)15-4-2/h5-6H,3-4,7-8H2,1-2H3,(H,15,16)(H,17,20). The molecule has 6 nitrogen and oxygen atoms in total. The third-order valence-electron chi connectivity index (χ3n) is 2.78. The molecule has 114 valence electrons. The van der Waals surface area contributed by atoms with E-state index in [0.717, 1.165) is 24.5 Å². The van der Waals surface area contributed by atoms with Crippen LogP contribution in [0.3, 0.4) is 0 Å². The Morgan fingerprint density at radius 1 is 1.43 bits per heavy atom. The zero-order valence-electron chi connectivity index (χ0n) is 12.0. The molecule has 0 aliphatic carbocycles. The van der Waals surface area contributed by atoms with Crippen LogP contribution in [-0.2, 0) is 12.3 Å². The van der Waals surface area contributed by atoms with Crippen LogP contribution in [0.4, 0.5) is 5.82 Å². The molecule has 0 saturated heterocycles. The minimum absolute atomic E-state index is 0.181. The van der Waals surface area contributed by atoms with E-state index in [0.29, 0.717) is 22.5 Å². The van der Waals surface area contributed by atoms with Crippen molar-refractivity contribution in [2.24, 2.45) is 0 Å². The molecule has 21 heavy (non-hydrogen) atoms. The number of aromatic nitrogens is 4. The highest BCUT2D eigenvalue weighted by atomic mass is 35.5. The smallest absolute Gasteiger partial charge is 0.343 e. The van der Waals surface area contributed by atoms with Crippen LogP contribution in [0.25, 0.3) is 0 Å². The van der Waals surface area contributed by atoms with E-state index in [4.69, 9.17) is 11.6 Å². The number of nitrogens with zero attached hydrogens (tertiary/aromatic N) is 3. The Bertz CT molecular complexity index is 654. The second-order valence-electron chi connectivity index (χ2n) is 4.41. The molecule has 2 aromatic rings. The van der Waals surface area contributed by atoms with Gasteiger partial charge in [-0.1, -0.05) is 30.3 Å². The van der Waals surface area contributed by atoms with Gasteiger partial charge in [-0.05, 0) is 25.5 Å². The van der Waals surface area contributed by atoms with Crippen molar-refractivity contribution in [1.82, 2.24) is 19.7 Å². The highest BCUT2D eigenvalue weighted by Crippen LogP contribution is 2.25. The lowest BCUT2D eigenvalue weighted by molar-refractivity contribution is 0.603. The molecule has 0 aromatic carbocycles. The van der Waals surface area contributed by atoms with Gasteiger partial charge in [0.25, 0.3) is 0 Å². The van der Waals surface area contributed by atoms with Crippen molar-refractivity contribution in [1.29, 1.82) is 0 Å². The number of pyridine rings is 1. The first-order valence-corrected chi connectivity index (χ1v) is 8.19. The molecule has 0 saturated carbocycles. The van der Waals surface area contributed by atoms with Gasteiger partial charge in [0.2, 0.25) is 0 Å². The summed E-state index contributed by atoms with van der Waals surface area (Å²) >= 11 is 7.62. The van der Waals surface area contributed by atoms with E-state index >= 15 is 0 Å². The second-order valence-corrected chi connectivity index (χ2v) is 5.76. The molecule has 0 aliphatic heterocycles. The molecular weight excluding hydrogens is 310 g/mol. The molecule has 0 bridgehead atoms. The first-order valence-electron chi connectivity index (χ1n) is 6.83. The summed E-state index contributed by atoms with van der Waals surface area (Å²) in [5, 5.41) is 10.9. The maximum absolute atomic E-state index is 11.6. The number of nitrogens with one attached hydrogen (secondary N) is 2. The minimum atomic E-state index is -0.181. The summed E-state index contributed by atoms with van der Waals surface area (Å²) in [5.74, 6) is 1.36. The van der Waals surface area contributed by atoms with Gasteiger partial charge in [0.15, 0.2) is 5.16 Å². The van der Waals surface area contributed by atoms with E-state index < -0.39 is 0 Å². The maximum atomic E-state index is 11.6. The van der Waals surface area contributed by atoms with Crippen molar-refractivity contribution >= 4 is 29.2 Å². The summed E-state index contributed by atoms with van der Waals surface area (Å²) in [6.45, 7) is 5.48. The van der Waals surface area contributed by atoms with Gasteiger partial charge < -0.3 is 5.32 Å². The van der Waals surface area contributed by atoms with E-state index in [1.807, 2.05) is 26.0 Å². The van der Waals surface area contributed by atoms with Crippen molar-refractivity contribution in [3.05, 3.63) is 33.3 Å². The van der Waals surface area contributed by atoms with E-state index in [9.17, 15) is 4.79 Å². The molecule has 0 atom stereocenters. The Morgan fingerprint density at radius 3 is 2.95 bits per heavy atom. The number of thioether (sulfide) groups is 1. The first kappa shape index (κ1) is 15.9. The van der Waals surface area contributed by atoms with Crippen molar-refractivity contribution in [2.75, 3.05) is 11.9 Å². The van der Waals surface area contributed by atoms with Crippen LogP contribution in [0.1, 0.15) is 26.0 Å². The summed E-state index contributed by atoms with van der Waals surface area (Å²) in [6, 6.07) is 3.67. The van der Waals surface area contributed by atoms with Gasteiger partial charge in [-0.3, -0.25) is 4.57 Å². The van der Waals surface area contributed by atoms with Crippen LogP contribution in [0.15, 0.2) is 22.1 Å². The summed E-state index contributed by atoms with van der Waals surface area (Å²) in [4.78, 5) is 16.1. The second kappa shape index (κ2) is 7.51. The minimum Gasteiger partial charge on any atom is -0.370 e. The van der Waals surface area contributed by atoms with Gasteiger partial charge in [0.05, 0.1) is 10.7 Å². The van der Waals surface area contributed by atoms with Crippen LogP contribution in [0.5, 0.6) is 0 Å². The van der Waals surface area contributed by atoms with E-state index in [-0.39, 0.29) is 5.69 Å². The average Bonchev–Trinajstić information content (AvgIpc) is 2.81. The van der Waals surface area contributed by atoms with E-state index in [1.54, 1.807) is 4.57 Å². The zero-order valence-corrected chi connectivity index (χ0v) is 13.6. The number of rotatable bonds is 7. The number of anilines is 1. The predicted molar refractivity (Wildman–Crippen MR) is 86.1 cm³/mol. The van der Waals surface area contributed by atoms with E-state index in [1.165, 1.54) is 11.8 Å². The molecule has 0 aliphatic rings. The Labute approximate surface area is 132 Å². The number of H-pyrrole nitrogens is 1. The number of hydrogen-bond acceptors (Lipinski definition) is 5. The fourth-order valence-electron chi connectivity index (χ4n) is 1.83. The van der Waals surface area contributed by atoms with Crippen molar-refractivity contribution < 1.29 is 0 Å². The lowest BCUT2D eigenvalue weighted by Gasteiger charge is -2.08. The molecule has 0 amide bonds. The van der Waals surface area contributed by atoms with Crippen LogP contribution in [-0.4, -0.2) is 26.3 Å². The third kappa shape index (κ3) is 4.01. The Kier molecular flexibility index (Phi) is 5.69. The Morgan fingerprint density at radius 2 is 2.24 bits per heavy atom. The molecule has 2 heterocycles. The van der Waals surface area contributed by atoms with Crippen LogP contribution >= 0.6 is 23.4 Å². The molecule has 2 rings (SSSR count). The number of halogens is 1. The highest BCUT2D eigenvalue weighted by Gasteiger charge is 2.11. The molecule has 0 radical (unpaired) electrons. The molecule has 0 spiro atoms. The Hall–Kier alpha value is -1.47. The lowest BCUT2D eigenvalue weighted by atomic mass is 10.3. The first-order chi connectivity index (χ1) is 10.2. The lowest BCUT2D eigenvalue weighted by Crippen LogP contribution is -2.17. The molecule has 2 N–H and O–H groups in total. The van der Waals surface area contributed by atoms with Crippen LogP contribution in [0.2, 0.25) is 5.02 Å². The Balaban J connectivity index is 2.12. The average molecular weight is 328 g/mol.